The van der Waals surface area contributed by atoms with Gasteiger partial charge in [0.25, 0.3) is 5.91 Å². The van der Waals surface area contributed by atoms with Crippen molar-refractivity contribution in [2.24, 2.45) is 4.99 Å². The highest BCUT2D eigenvalue weighted by atomic mass is 19.4. The highest BCUT2D eigenvalue weighted by molar-refractivity contribution is 6.03. The molecule has 18 heteroatoms. The molecule has 0 saturated carbocycles. The summed E-state index contributed by atoms with van der Waals surface area (Å²) in [5.74, 6) is -2.14. The molecule has 15 nitrogen and oxygen atoms in total. The van der Waals surface area contributed by atoms with Gasteiger partial charge in [-0.15, -0.1) is 0 Å². The molecular formula is C21H18F3N11O4. The molecule has 2 aliphatic heterocycles. The number of nitrogens with zero attached hydrogens (tertiary/aromatic N) is 9. The Morgan fingerprint density at radius 2 is 1.92 bits per heavy atom. The highest BCUT2D eigenvalue weighted by Gasteiger charge is 2.49. The molecule has 0 aliphatic carbocycles. The van der Waals surface area contributed by atoms with Crippen molar-refractivity contribution in [3.8, 4) is 11.3 Å². The third kappa shape index (κ3) is 5.07. The molecule has 202 valence electrons. The van der Waals surface area contributed by atoms with Crippen LogP contribution in [0.1, 0.15) is 24.5 Å². The molecular weight excluding hydrogens is 527 g/mol. The second-order valence-corrected chi connectivity index (χ2v) is 8.46. The zero-order valence-electron chi connectivity index (χ0n) is 20.1. The number of imide groups is 1. The van der Waals surface area contributed by atoms with Crippen molar-refractivity contribution in [2.45, 2.75) is 44.8 Å². The van der Waals surface area contributed by atoms with Gasteiger partial charge in [-0.1, -0.05) is 5.16 Å². The summed E-state index contributed by atoms with van der Waals surface area (Å²) in [7, 11) is 0. The lowest BCUT2D eigenvalue weighted by Gasteiger charge is -2.37. The number of amides is 4. The molecule has 3 atom stereocenters. The van der Waals surface area contributed by atoms with Gasteiger partial charge >= 0.3 is 12.2 Å². The van der Waals surface area contributed by atoms with E-state index >= 15 is 0 Å². The molecule has 0 aromatic carbocycles. The highest BCUT2D eigenvalue weighted by Crippen LogP contribution is 2.27. The minimum atomic E-state index is -4.69. The van der Waals surface area contributed by atoms with Crippen LogP contribution in [0.15, 0.2) is 34.3 Å². The molecule has 0 spiro atoms. The predicted octanol–water partition coefficient (Wildman–Crippen LogP) is 0.761. The Morgan fingerprint density at radius 1 is 1.18 bits per heavy atom. The Labute approximate surface area is 216 Å². The number of aliphatic imine (C=N–C) groups is 1. The van der Waals surface area contributed by atoms with Crippen molar-refractivity contribution in [3.05, 3.63) is 42.3 Å². The SMILES string of the molecule is Cc1noc(CN2C(=O)NC3N=CN(C(C)C(=O)Nc4cncc(-c5cnc(C(F)(F)F)nc5)n4)C3C2=O)n1. The number of rotatable bonds is 6. The van der Waals surface area contributed by atoms with Crippen LogP contribution < -0.4 is 10.6 Å². The number of hydrogen-bond donors (Lipinski definition) is 2. The number of nitrogens with one attached hydrogen (secondary N) is 2. The summed E-state index contributed by atoms with van der Waals surface area (Å²) in [5, 5.41) is 8.79. The normalized spacial score (nSPS) is 19.6. The summed E-state index contributed by atoms with van der Waals surface area (Å²) in [6.07, 6.45) is 0.0763. The number of carbonyl (C=O) groups is 3. The van der Waals surface area contributed by atoms with Crippen molar-refractivity contribution in [1.29, 1.82) is 0 Å². The summed E-state index contributed by atoms with van der Waals surface area (Å²) in [5.41, 5.74) is 0.267. The van der Waals surface area contributed by atoms with Gasteiger partial charge in [0.15, 0.2) is 23.8 Å². The molecule has 1 fully saturated rings. The molecule has 2 aliphatic rings. The van der Waals surface area contributed by atoms with Crippen LogP contribution >= 0.6 is 0 Å². The fraction of sp³-hybridized carbons (Fsp3) is 0.333. The smallest absolute Gasteiger partial charge is 0.337 e. The number of hydrogen-bond acceptors (Lipinski definition) is 12. The van der Waals surface area contributed by atoms with E-state index in [2.05, 4.69) is 45.7 Å². The maximum Gasteiger partial charge on any atom is 0.451 e. The summed E-state index contributed by atoms with van der Waals surface area (Å²) in [4.78, 5) is 63.9. The van der Waals surface area contributed by atoms with E-state index in [1.807, 2.05) is 0 Å². The van der Waals surface area contributed by atoms with Crippen LogP contribution in [0.2, 0.25) is 0 Å². The predicted molar refractivity (Wildman–Crippen MR) is 122 cm³/mol. The number of halogens is 3. The van der Waals surface area contributed by atoms with E-state index in [0.29, 0.717) is 5.82 Å². The van der Waals surface area contributed by atoms with Gasteiger partial charge < -0.3 is 20.1 Å². The lowest BCUT2D eigenvalue weighted by molar-refractivity contribution is -0.145. The Balaban J connectivity index is 1.28. The van der Waals surface area contributed by atoms with Crippen molar-refractivity contribution >= 4 is 30.0 Å². The number of alkyl halides is 3. The molecule has 5 heterocycles. The Kier molecular flexibility index (Phi) is 6.36. The van der Waals surface area contributed by atoms with Crippen LogP contribution in [-0.2, 0) is 22.3 Å². The lowest BCUT2D eigenvalue weighted by atomic mass is 10.1. The second-order valence-electron chi connectivity index (χ2n) is 8.46. The molecule has 0 radical (unpaired) electrons. The first-order chi connectivity index (χ1) is 18.5. The van der Waals surface area contributed by atoms with Crippen molar-refractivity contribution in [1.82, 2.24) is 45.2 Å². The van der Waals surface area contributed by atoms with E-state index in [0.717, 1.165) is 17.3 Å². The number of carbonyl (C=O) groups excluding carboxylic acids is 3. The van der Waals surface area contributed by atoms with Gasteiger partial charge in [0.2, 0.25) is 17.6 Å². The number of fused-ring (bicyclic) bond motifs is 1. The van der Waals surface area contributed by atoms with Gasteiger partial charge in [-0.2, -0.15) is 18.2 Å². The van der Waals surface area contributed by atoms with Crippen LogP contribution in [0, 0.1) is 6.92 Å². The zero-order valence-corrected chi connectivity index (χ0v) is 20.1. The lowest BCUT2D eigenvalue weighted by Crippen LogP contribution is -2.65. The standard InChI is InChI=1S/C21H18F3N11O4/c1-9(17(36)31-13-6-25-5-12(30-13)11-3-26-19(27-4-11)21(22,23)24)35-8-28-16-15(35)18(37)34(20(38)32-16)7-14-29-10(2)33-39-14/h3-6,8-9,15-16H,7H2,1-2H3,(H,32,38)(H,30,31,36). The molecule has 39 heavy (non-hydrogen) atoms. The van der Waals surface area contributed by atoms with Gasteiger partial charge in [-0.25, -0.2) is 24.7 Å². The second kappa shape index (κ2) is 9.69. The third-order valence-corrected chi connectivity index (χ3v) is 5.79. The maximum atomic E-state index is 13.2. The average Bonchev–Trinajstić information content (AvgIpc) is 3.51. The van der Waals surface area contributed by atoms with Gasteiger partial charge in [-0.3, -0.25) is 19.5 Å². The topological polar surface area (TPSA) is 185 Å². The van der Waals surface area contributed by atoms with E-state index in [-0.39, 0.29) is 29.5 Å². The van der Waals surface area contributed by atoms with Gasteiger partial charge in [0, 0.05) is 18.0 Å². The monoisotopic (exact) mass is 545 g/mol. The quantitative estimate of drug-likeness (QED) is 0.446. The van der Waals surface area contributed by atoms with Crippen molar-refractivity contribution < 1.29 is 32.1 Å². The molecule has 1 saturated heterocycles. The van der Waals surface area contributed by atoms with Crippen LogP contribution in [0.3, 0.4) is 0 Å². The van der Waals surface area contributed by atoms with E-state index in [4.69, 9.17) is 4.52 Å². The Morgan fingerprint density at radius 3 is 2.59 bits per heavy atom. The molecule has 2 N–H and O–H groups in total. The van der Waals surface area contributed by atoms with E-state index in [9.17, 15) is 27.6 Å². The first kappa shape index (κ1) is 25.6. The van der Waals surface area contributed by atoms with Crippen molar-refractivity contribution in [3.63, 3.8) is 0 Å². The van der Waals surface area contributed by atoms with Gasteiger partial charge in [0.05, 0.1) is 24.4 Å². The fourth-order valence-corrected chi connectivity index (χ4v) is 3.88. The van der Waals surface area contributed by atoms with Crippen LogP contribution in [-0.4, -0.2) is 82.3 Å². The molecule has 5 rings (SSSR count). The summed E-state index contributed by atoms with van der Waals surface area (Å²) >= 11 is 0. The first-order valence-corrected chi connectivity index (χ1v) is 11.3. The Bertz CT molecular complexity index is 1460. The first-order valence-electron chi connectivity index (χ1n) is 11.3. The largest absolute Gasteiger partial charge is 0.451 e. The molecule has 3 aromatic heterocycles. The molecule has 0 bridgehead atoms. The van der Waals surface area contributed by atoms with Gasteiger partial charge in [-0.05, 0) is 13.8 Å². The average molecular weight is 545 g/mol. The van der Waals surface area contributed by atoms with Crippen LogP contribution in [0.25, 0.3) is 11.3 Å². The van der Waals surface area contributed by atoms with Crippen molar-refractivity contribution in [2.75, 3.05) is 5.32 Å². The number of aryl methyl sites for hydroxylation is 1. The van der Waals surface area contributed by atoms with Crippen LogP contribution in [0.4, 0.5) is 23.8 Å². The van der Waals surface area contributed by atoms with Gasteiger partial charge in [0.1, 0.15) is 12.6 Å². The summed E-state index contributed by atoms with van der Waals surface area (Å²) in [6, 6.07) is -2.68. The fourth-order valence-electron chi connectivity index (χ4n) is 3.88. The maximum absolute atomic E-state index is 13.2. The molecule has 4 amide bonds. The minimum absolute atomic E-state index is 0.00593. The van der Waals surface area contributed by atoms with E-state index < -0.39 is 48.1 Å². The minimum Gasteiger partial charge on any atom is -0.337 e. The van der Waals surface area contributed by atoms with Crippen LogP contribution in [0.5, 0.6) is 0 Å². The summed E-state index contributed by atoms with van der Waals surface area (Å²) in [6.45, 7) is 2.84. The van der Waals surface area contributed by atoms with E-state index in [1.165, 1.54) is 30.6 Å². The zero-order chi connectivity index (χ0) is 27.9. The number of urea groups is 1. The van der Waals surface area contributed by atoms with E-state index in [1.54, 1.807) is 6.92 Å². The molecule has 3 aromatic rings. The number of aromatic nitrogens is 6. The summed E-state index contributed by atoms with van der Waals surface area (Å²) < 4.78 is 43.2. The third-order valence-electron chi connectivity index (χ3n) is 5.79. The number of anilines is 1. The molecule has 3 unspecified atom stereocenters. The Hall–Kier alpha value is -5.03.